The fraction of sp³-hybridized carbons (Fsp3) is 0.938. The summed E-state index contributed by atoms with van der Waals surface area (Å²) in [5.74, 6) is 1.49. The van der Waals surface area contributed by atoms with Gasteiger partial charge in [-0.2, -0.15) is 0 Å². The Balaban J connectivity index is 1.92. The predicted molar refractivity (Wildman–Crippen MR) is 85.6 cm³/mol. The number of ether oxygens (including phenoxy) is 2. The second-order valence-electron chi connectivity index (χ2n) is 7.01. The monoisotopic (exact) mass is 297 g/mol. The molecule has 0 aromatic rings. The minimum Gasteiger partial charge on any atom is -0.381 e. The molecule has 2 N–H and O–H groups in total. The van der Waals surface area contributed by atoms with Crippen LogP contribution in [0.2, 0.25) is 0 Å². The summed E-state index contributed by atoms with van der Waals surface area (Å²) in [4.78, 5) is 4.73. The lowest BCUT2D eigenvalue weighted by atomic mass is 9.56. The van der Waals surface area contributed by atoms with Gasteiger partial charge in [-0.05, 0) is 26.7 Å². The maximum Gasteiger partial charge on any atom is 0.191 e. The molecule has 0 aromatic carbocycles. The summed E-state index contributed by atoms with van der Waals surface area (Å²) in [6, 6.07) is 0.389. The van der Waals surface area contributed by atoms with Crippen LogP contribution >= 0.6 is 0 Å². The van der Waals surface area contributed by atoms with Gasteiger partial charge in [-0.1, -0.05) is 13.8 Å². The van der Waals surface area contributed by atoms with E-state index < -0.39 is 0 Å². The molecule has 1 saturated carbocycles. The maximum atomic E-state index is 5.69. The van der Waals surface area contributed by atoms with Gasteiger partial charge in [0, 0.05) is 44.2 Å². The molecule has 3 unspecified atom stereocenters. The molecule has 122 valence electrons. The zero-order valence-corrected chi connectivity index (χ0v) is 14.2. The Labute approximate surface area is 128 Å². The SMILES string of the molecule is CCNC(=NCC1CCOC1)NC1CC(C)(OC)C1(C)C. The highest BCUT2D eigenvalue weighted by molar-refractivity contribution is 5.80. The lowest BCUT2D eigenvalue weighted by Crippen LogP contribution is -2.69. The van der Waals surface area contributed by atoms with Crippen molar-refractivity contribution in [3.05, 3.63) is 0 Å². The van der Waals surface area contributed by atoms with Crippen molar-refractivity contribution in [1.29, 1.82) is 0 Å². The molecule has 5 heteroatoms. The summed E-state index contributed by atoms with van der Waals surface area (Å²) in [6.07, 6.45) is 2.13. The molecule has 21 heavy (non-hydrogen) atoms. The number of rotatable bonds is 5. The van der Waals surface area contributed by atoms with E-state index in [1.54, 1.807) is 7.11 Å². The van der Waals surface area contributed by atoms with E-state index in [4.69, 9.17) is 14.5 Å². The number of hydrogen-bond acceptors (Lipinski definition) is 3. The van der Waals surface area contributed by atoms with Crippen molar-refractivity contribution < 1.29 is 9.47 Å². The number of methoxy groups -OCH3 is 1. The predicted octanol–water partition coefficient (Wildman–Crippen LogP) is 1.78. The third-order valence-electron chi connectivity index (χ3n) is 5.47. The number of hydrogen-bond donors (Lipinski definition) is 2. The van der Waals surface area contributed by atoms with Gasteiger partial charge in [0.05, 0.1) is 12.2 Å². The van der Waals surface area contributed by atoms with Gasteiger partial charge in [0.1, 0.15) is 0 Å². The van der Waals surface area contributed by atoms with E-state index in [1.165, 1.54) is 0 Å². The molecule has 5 nitrogen and oxygen atoms in total. The van der Waals surface area contributed by atoms with Crippen LogP contribution < -0.4 is 10.6 Å². The third-order valence-corrected chi connectivity index (χ3v) is 5.47. The Morgan fingerprint density at radius 2 is 2.14 bits per heavy atom. The highest BCUT2D eigenvalue weighted by atomic mass is 16.5. The number of nitrogens with one attached hydrogen (secondary N) is 2. The van der Waals surface area contributed by atoms with Crippen LogP contribution in [0.1, 0.15) is 40.5 Å². The van der Waals surface area contributed by atoms with Crippen molar-refractivity contribution in [2.75, 3.05) is 33.4 Å². The molecule has 2 rings (SSSR count). The molecule has 0 bridgehead atoms. The molecule has 2 aliphatic rings. The molecule has 2 fully saturated rings. The molecule has 0 radical (unpaired) electrons. The molecule has 0 amide bonds. The first-order chi connectivity index (χ1) is 9.93. The zero-order valence-electron chi connectivity index (χ0n) is 14.2. The van der Waals surface area contributed by atoms with Crippen LogP contribution in [0.4, 0.5) is 0 Å². The average Bonchev–Trinajstić information content (AvgIpc) is 2.97. The highest BCUT2D eigenvalue weighted by Gasteiger charge is 2.58. The molecular weight excluding hydrogens is 266 g/mol. The molecular formula is C16H31N3O2. The van der Waals surface area contributed by atoms with Gasteiger partial charge >= 0.3 is 0 Å². The third kappa shape index (κ3) is 3.34. The van der Waals surface area contributed by atoms with Crippen LogP contribution in [0.15, 0.2) is 4.99 Å². The summed E-state index contributed by atoms with van der Waals surface area (Å²) < 4.78 is 11.1. The van der Waals surface area contributed by atoms with Crippen LogP contribution in [0.25, 0.3) is 0 Å². The number of guanidine groups is 1. The first kappa shape index (κ1) is 16.6. The summed E-state index contributed by atoms with van der Waals surface area (Å²) in [6.45, 7) is 12.2. The minimum absolute atomic E-state index is 0.0543. The quantitative estimate of drug-likeness (QED) is 0.600. The van der Waals surface area contributed by atoms with E-state index in [2.05, 4.69) is 38.3 Å². The first-order valence-corrected chi connectivity index (χ1v) is 8.10. The minimum atomic E-state index is -0.0543. The standard InChI is InChI=1S/C16H31N3O2/c1-6-17-14(18-10-12-7-8-21-11-12)19-13-9-16(4,20-5)15(13,2)3/h12-13H,6-11H2,1-5H3,(H2,17,18,19). The molecule has 0 spiro atoms. The lowest BCUT2D eigenvalue weighted by molar-refractivity contribution is -0.176. The fourth-order valence-electron chi connectivity index (χ4n) is 3.16. The second-order valence-corrected chi connectivity index (χ2v) is 7.01. The highest BCUT2D eigenvalue weighted by Crippen LogP contribution is 2.51. The van der Waals surface area contributed by atoms with E-state index in [9.17, 15) is 0 Å². The largest absolute Gasteiger partial charge is 0.381 e. The summed E-state index contributed by atoms with van der Waals surface area (Å²) in [5.41, 5.74) is 0.0374. The van der Waals surface area contributed by atoms with E-state index >= 15 is 0 Å². The zero-order chi connectivity index (χ0) is 15.5. The van der Waals surface area contributed by atoms with Crippen LogP contribution in [0.5, 0.6) is 0 Å². The average molecular weight is 297 g/mol. The Kier molecular flexibility index (Phi) is 5.15. The van der Waals surface area contributed by atoms with Crippen molar-refractivity contribution >= 4 is 5.96 Å². The van der Waals surface area contributed by atoms with Gasteiger partial charge in [-0.3, -0.25) is 4.99 Å². The number of aliphatic imine (C=N–C) groups is 1. The second kappa shape index (κ2) is 6.53. The van der Waals surface area contributed by atoms with Gasteiger partial charge in [0.15, 0.2) is 5.96 Å². The van der Waals surface area contributed by atoms with E-state index in [-0.39, 0.29) is 11.0 Å². The first-order valence-electron chi connectivity index (χ1n) is 8.10. The van der Waals surface area contributed by atoms with Crippen LogP contribution in [0, 0.1) is 11.3 Å². The van der Waals surface area contributed by atoms with Crippen molar-refractivity contribution in [2.45, 2.75) is 52.2 Å². The maximum absolute atomic E-state index is 5.69. The number of nitrogens with zero attached hydrogens (tertiary/aromatic N) is 1. The summed E-state index contributed by atoms with van der Waals surface area (Å²) >= 11 is 0. The van der Waals surface area contributed by atoms with Crippen molar-refractivity contribution in [1.82, 2.24) is 10.6 Å². The van der Waals surface area contributed by atoms with E-state index in [1.807, 2.05) is 0 Å². The van der Waals surface area contributed by atoms with Crippen molar-refractivity contribution in [3.8, 4) is 0 Å². The molecule has 1 aliphatic carbocycles. The van der Waals surface area contributed by atoms with E-state index in [0.717, 1.165) is 45.1 Å². The Bertz CT molecular complexity index is 378. The Morgan fingerprint density at radius 3 is 2.67 bits per heavy atom. The fourth-order valence-corrected chi connectivity index (χ4v) is 3.16. The van der Waals surface area contributed by atoms with Gasteiger partial charge in [-0.25, -0.2) is 0 Å². The normalized spacial score (nSPS) is 35.4. The Hall–Kier alpha value is -0.810. The van der Waals surface area contributed by atoms with Gasteiger partial charge in [0.25, 0.3) is 0 Å². The molecule has 3 atom stereocenters. The van der Waals surface area contributed by atoms with Gasteiger partial charge < -0.3 is 20.1 Å². The molecule has 0 aromatic heterocycles. The van der Waals surface area contributed by atoms with Gasteiger partial charge in [-0.15, -0.1) is 0 Å². The topological polar surface area (TPSA) is 54.9 Å². The Morgan fingerprint density at radius 1 is 1.38 bits per heavy atom. The molecule has 1 heterocycles. The summed E-state index contributed by atoms with van der Waals surface area (Å²) in [5, 5.41) is 6.92. The van der Waals surface area contributed by atoms with Crippen LogP contribution in [0.3, 0.4) is 0 Å². The van der Waals surface area contributed by atoms with Gasteiger partial charge in [0.2, 0.25) is 0 Å². The van der Waals surface area contributed by atoms with Crippen molar-refractivity contribution in [3.63, 3.8) is 0 Å². The van der Waals surface area contributed by atoms with E-state index in [0.29, 0.717) is 12.0 Å². The smallest absolute Gasteiger partial charge is 0.191 e. The van der Waals surface area contributed by atoms with Crippen molar-refractivity contribution in [2.24, 2.45) is 16.3 Å². The molecule has 1 saturated heterocycles. The summed E-state index contributed by atoms with van der Waals surface area (Å²) in [7, 11) is 1.80. The van der Waals surface area contributed by atoms with Crippen LogP contribution in [-0.2, 0) is 9.47 Å². The lowest BCUT2D eigenvalue weighted by Gasteiger charge is -2.59. The molecule has 1 aliphatic heterocycles. The van der Waals surface area contributed by atoms with Crippen LogP contribution in [-0.4, -0.2) is 51.0 Å².